The van der Waals surface area contributed by atoms with Gasteiger partial charge in [-0.25, -0.2) is 4.68 Å². The van der Waals surface area contributed by atoms with Crippen molar-refractivity contribution in [3.8, 4) is 0 Å². The zero-order valence-corrected chi connectivity index (χ0v) is 13.4. The smallest absolute Gasteiger partial charge is 0.281 e. The minimum Gasteiger partial charge on any atom is -0.298 e. The molecule has 18 heavy (non-hydrogen) atoms. The van der Waals surface area contributed by atoms with E-state index in [2.05, 4.69) is 50.8 Å². The standard InChI is InChI=1S/C13H14Br2N2O/c1-8(2)12-11(15)13(18)17(16-12)7-9-4-3-5-10(14)6-9/h3-6,8,16H,7H2,1-2H3. The van der Waals surface area contributed by atoms with Crippen LogP contribution in [0.15, 0.2) is 38.0 Å². The van der Waals surface area contributed by atoms with Crippen LogP contribution in [-0.4, -0.2) is 9.78 Å². The maximum atomic E-state index is 12.1. The molecule has 0 aliphatic rings. The molecule has 0 saturated heterocycles. The molecule has 0 atom stereocenters. The number of hydrogen-bond donors (Lipinski definition) is 1. The van der Waals surface area contributed by atoms with E-state index in [1.54, 1.807) is 4.68 Å². The van der Waals surface area contributed by atoms with Crippen LogP contribution in [0.5, 0.6) is 0 Å². The molecule has 0 amide bonds. The fraction of sp³-hybridized carbons (Fsp3) is 0.308. The molecule has 0 aliphatic heterocycles. The molecule has 1 aromatic carbocycles. The van der Waals surface area contributed by atoms with Crippen molar-refractivity contribution in [2.24, 2.45) is 0 Å². The van der Waals surface area contributed by atoms with Gasteiger partial charge in [0.25, 0.3) is 5.56 Å². The number of aromatic amines is 1. The van der Waals surface area contributed by atoms with Crippen molar-refractivity contribution in [3.05, 3.63) is 54.8 Å². The van der Waals surface area contributed by atoms with Crippen molar-refractivity contribution in [1.82, 2.24) is 9.78 Å². The lowest BCUT2D eigenvalue weighted by Crippen LogP contribution is -2.17. The second kappa shape index (κ2) is 5.45. The number of hydrogen-bond acceptors (Lipinski definition) is 1. The molecule has 1 heterocycles. The molecule has 0 spiro atoms. The molecule has 0 saturated carbocycles. The van der Waals surface area contributed by atoms with E-state index >= 15 is 0 Å². The first-order valence-electron chi connectivity index (χ1n) is 5.71. The molecule has 0 bridgehead atoms. The van der Waals surface area contributed by atoms with Gasteiger partial charge in [0, 0.05) is 4.47 Å². The summed E-state index contributed by atoms with van der Waals surface area (Å²) in [5.41, 5.74) is 2.00. The molecule has 96 valence electrons. The van der Waals surface area contributed by atoms with E-state index in [1.165, 1.54) is 0 Å². The number of aromatic nitrogens is 2. The quantitative estimate of drug-likeness (QED) is 0.871. The SMILES string of the molecule is CC(C)c1[nH]n(Cc2cccc(Br)c2)c(=O)c1Br. The fourth-order valence-electron chi connectivity index (χ4n) is 1.79. The van der Waals surface area contributed by atoms with Gasteiger partial charge in [-0.15, -0.1) is 0 Å². The van der Waals surface area contributed by atoms with E-state index < -0.39 is 0 Å². The summed E-state index contributed by atoms with van der Waals surface area (Å²) in [7, 11) is 0. The Bertz CT molecular complexity index is 614. The van der Waals surface area contributed by atoms with Crippen LogP contribution in [0.1, 0.15) is 31.0 Å². The van der Waals surface area contributed by atoms with Crippen LogP contribution in [-0.2, 0) is 6.54 Å². The van der Waals surface area contributed by atoms with Crippen LogP contribution in [0.3, 0.4) is 0 Å². The molecule has 0 aliphatic carbocycles. The first-order chi connectivity index (χ1) is 8.49. The molecule has 0 unspecified atom stereocenters. The van der Waals surface area contributed by atoms with E-state index in [0.29, 0.717) is 11.0 Å². The van der Waals surface area contributed by atoms with Gasteiger partial charge < -0.3 is 0 Å². The Morgan fingerprint density at radius 3 is 2.61 bits per heavy atom. The van der Waals surface area contributed by atoms with Crippen LogP contribution < -0.4 is 5.56 Å². The van der Waals surface area contributed by atoms with Crippen molar-refractivity contribution in [3.63, 3.8) is 0 Å². The van der Waals surface area contributed by atoms with Gasteiger partial charge in [0.1, 0.15) is 4.47 Å². The van der Waals surface area contributed by atoms with Crippen molar-refractivity contribution < 1.29 is 0 Å². The summed E-state index contributed by atoms with van der Waals surface area (Å²) in [6.07, 6.45) is 0. The number of halogens is 2. The molecule has 3 nitrogen and oxygen atoms in total. The van der Waals surface area contributed by atoms with E-state index in [9.17, 15) is 4.79 Å². The zero-order chi connectivity index (χ0) is 13.3. The van der Waals surface area contributed by atoms with E-state index in [0.717, 1.165) is 15.7 Å². The third kappa shape index (κ3) is 2.78. The summed E-state index contributed by atoms with van der Waals surface area (Å²) < 4.78 is 3.27. The zero-order valence-electron chi connectivity index (χ0n) is 10.2. The maximum absolute atomic E-state index is 12.1. The largest absolute Gasteiger partial charge is 0.298 e. The minimum absolute atomic E-state index is 0.0151. The second-order valence-corrected chi connectivity index (χ2v) is 6.22. The Hall–Kier alpha value is -0.810. The summed E-state index contributed by atoms with van der Waals surface area (Å²) in [6.45, 7) is 4.66. The van der Waals surface area contributed by atoms with Gasteiger partial charge >= 0.3 is 0 Å². The summed E-state index contributed by atoms with van der Waals surface area (Å²) in [5.74, 6) is 0.288. The van der Waals surface area contributed by atoms with Crippen LogP contribution in [0.4, 0.5) is 0 Å². The Morgan fingerprint density at radius 1 is 1.33 bits per heavy atom. The molecule has 1 N–H and O–H groups in total. The Kier molecular flexibility index (Phi) is 4.12. The highest BCUT2D eigenvalue weighted by Crippen LogP contribution is 2.19. The molecular weight excluding hydrogens is 360 g/mol. The molecule has 0 fully saturated rings. The number of nitrogens with zero attached hydrogens (tertiary/aromatic N) is 1. The van der Waals surface area contributed by atoms with Gasteiger partial charge in [0.15, 0.2) is 0 Å². The van der Waals surface area contributed by atoms with E-state index in [4.69, 9.17) is 0 Å². The highest BCUT2D eigenvalue weighted by molar-refractivity contribution is 9.10. The molecular formula is C13H14Br2N2O. The normalized spacial score (nSPS) is 11.2. The summed E-state index contributed by atoms with van der Waals surface area (Å²) >= 11 is 6.79. The summed E-state index contributed by atoms with van der Waals surface area (Å²) in [4.78, 5) is 12.1. The summed E-state index contributed by atoms with van der Waals surface area (Å²) in [5, 5.41) is 3.16. The monoisotopic (exact) mass is 372 g/mol. The van der Waals surface area contributed by atoms with Crippen molar-refractivity contribution in [2.75, 3.05) is 0 Å². The lowest BCUT2D eigenvalue weighted by molar-refractivity contribution is 0.640. The Balaban J connectivity index is 2.36. The van der Waals surface area contributed by atoms with Gasteiger partial charge in [0.05, 0.1) is 12.2 Å². The van der Waals surface area contributed by atoms with E-state index in [1.807, 2.05) is 24.3 Å². The first-order valence-corrected chi connectivity index (χ1v) is 7.30. The molecule has 1 aromatic heterocycles. The number of benzene rings is 1. The maximum Gasteiger partial charge on any atom is 0.281 e. The Morgan fingerprint density at radius 2 is 2.06 bits per heavy atom. The third-order valence-electron chi connectivity index (χ3n) is 2.73. The van der Waals surface area contributed by atoms with Gasteiger partial charge in [-0.1, -0.05) is 41.9 Å². The number of H-pyrrole nitrogens is 1. The predicted molar refractivity (Wildman–Crippen MR) is 80.1 cm³/mol. The highest BCUT2D eigenvalue weighted by atomic mass is 79.9. The summed E-state index contributed by atoms with van der Waals surface area (Å²) in [6, 6.07) is 7.94. The minimum atomic E-state index is -0.0151. The lowest BCUT2D eigenvalue weighted by Gasteiger charge is -2.04. The van der Waals surface area contributed by atoms with Crippen LogP contribution in [0.2, 0.25) is 0 Å². The van der Waals surface area contributed by atoms with Crippen LogP contribution >= 0.6 is 31.9 Å². The average molecular weight is 374 g/mol. The lowest BCUT2D eigenvalue weighted by atomic mass is 10.1. The van der Waals surface area contributed by atoms with Gasteiger partial charge in [-0.05, 0) is 39.5 Å². The number of nitrogens with one attached hydrogen (secondary N) is 1. The van der Waals surface area contributed by atoms with Gasteiger partial charge in [-0.3, -0.25) is 9.89 Å². The third-order valence-corrected chi connectivity index (χ3v) is 3.99. The molecule has 2 rings (SSSR count). The fourth-order valence-corrected chi connectivity index (χ4v) is 3.00. The van der Waals surface area contributed by atoms with Gasteiger partial charge in [-0.2, -0.15) is 0 Å². The highest BCUT2D eigenvalue weighted by Gasteiger charge is 2.14. The van der Waals surface area contributed by atoms with Crippen molar-refractivity contribution >= 4 is 31.9 Å². The predicted octanol–water partition coefficient (Wildman–Crippen LogP) is 3.87. The molecule has 5 heteroatoms. The van der Waals surface area contributed by atoms with Crippen LogP contribution in [0.25, 0.3) is 0 Å². The second-order valence-electron chi connectivity index (χ2n) is 4.52. The average Bonchev–Trinajstić information content (AvgIpc) is 2.58. The Labute approximate surface area is 122 Å². The molecule has 2 aromatic rings. The van der Waals surface area contributed by atoms with Crippen LogP contribution in [0, 0.1) is 0 Å². The van der Waals surface area contributed by atoms with Crippen molar-refractivity contribution in [1.29, 1.82) is 0 Å². The van der Waals surface area contributed by atoms with Crippen molar-refractivity contribution in [2.45, 2.75) is 26.3 Å². The first kappa shape index (κ1) is 13.6. The van der Waals surface area contributed by atoms with Gasteiger partial charge in [0.2, 0.25) is 0 Å². The topological polar surface area (TPSA) is 37.8 Å². The molecule has 0 radical (unpaired) electrons. The number of rotatable bonds is 3. The van der Waals surface area contributed by atoms with E-state index in [-0.39, 0.29) is 11.5 Å².